The number of carbonyl (C=O) groups excluding carboxylic acids is 1. The van der Waals surface area contributed by atoms with Gasteiger partial charge in [0.15, 0.2) is 0 Å². The van der Waals surface area contributed by atoms with Crippen LogP contribution in [0.2, 0.25) is 5.02 Å². The van der Waals surface area contributed by atoms with E-state index in [9.17, 15) is 13.2 Å². The summed E-state index contributed by atoms with van der Waals surface area (Å²) in [7, 11) is -2.44. The van der Waals surface area contributed by atoms with E-state index in [1.54, 1.807) is 12.3 Å². The van der Waals surface area contributed by atoms with Crippen LogP contribution in [0.4, 0.5) is 11.5 Å². The summed E-state index contributed by atoms with van der Waals surface area (Å²) in [5, 5.41) is 3.12. The quantitative estimate of drug-likeness (QED) is 0.724. The Hall–Kier alpha value is -2.20. The van der Waals surface area contributed by atoms with Crippen LogP contribution in [0.15, 0.2) is 47.5 Å². The normalized spacial score (nSPS) is 19.7. The number of halogens is 1. The minimum atomic E-state index is -3.80. The zero-order valence-corrected chi connectivity index (χ0v) is 18.7. The fraction of sp³-hybridized carbons (Fsp3) is 0.400. The summed E-state index contributed by atoms with van der Waals surface area (Å²) in [6.07, 6.45) is 1.80. The van der Waals surface area contributed by atoms with Gasteiger partial charge >= 0.3 is 0 Å². The van der Waals surface area contributed by atoms with Crippen molar-refractivity contribution in [3.63, 3.8) is 0 Å². The topological polar surface area (TPSA) is 91.8 Å². The second-order valence-electron chi connectivity index (χ2n) is 7.33. The molecule has 0 spiro atoms. The number of carbonyl (C=O) groups is 1. The van der Waals surface area contributed by atoms with Gasteiger partial charge in [0.2, 0.25) is 15.9 Å². The molecule has 10 heteroatoms. The SMILES string of the molecule is CC1CN(c2ccc(NC(=O)CN(C)S(=O)(=O)c3ccc(Cl)cc3)cn2)CC(C)O1. The van der Waals surface area contributed by atoms with Crippen molar-refractivity contribution in [3.05, 3.63) is 47.6 Å². The van der Waals surface area contributed by atoms with Crippen LogP contribution >= 0.6 is 11.6 Å². The number of nitrogens with one attached hydrogen (secondary N) is 1. The fourth-order valence-electron chi connectivity index (χ4n) is 3.29. The van der Waals surface area contributed by atoms with Crippen LogP contribution in [-0.2, 0) is 19.6 Å². The number of pyridine rings is 1. The van der Waals surface area contributed by atoms with Gasteiger partial charge in [0, 0.05) is 25.2 Å². The Balaban J connectivity index is 1.60. The molecule has 0 radical (unpaired) electrons. The molecule has 2 heterocycles. The second kappa shape index (κ2) is 9.30. The molecule has 1 aromatic heterocycles. The van der Waals surface area contributed by atoms with Crippen molar-refractivity contribution in [2.24, 2.45) is 0 Å². The third kappa shape index (κ3) is 5.48. The molecule has 1 aliphatic rings. The highest BCUT2D eigenvalue weighted by atomic mass is 35.5. The van der Waals surface area contributed by atoms with E-state index in [1.807, 2.05) is 19.9 Å². The maximum atomic E-state index is 12.6. The van der Waals surface area contributed by atoms with E-state index in [0.29, 0.717) is 10.7 Å². The van der Waals surface area contributed by atoms with Crippen molar-refractivity contribution in [2.75, 3.05) is 36.9 Å². The van der Waals surface area contributed by atoms with Gasteiger partial charge in [-0.2, -0.15) is 4.31 Å². The first-order valence-corrected chi connectivity index (χ1v) is 11.3. The standard InChI is InChI=1S/C20H25ClN4O4S/c1-14-11-25(12-15(2)29-14)19-9-6-17(10-22-19)23-20(26)13-24(3)30(27,28)18-7-4-16(21)5-8-18/h4-10,14-15H,11-13H2,1-3H3,(H,23,26). The number of anilines is 2. The molecule has 1 fully saturated rings. The van der Waals surface area contributed by atoms with Crippen molar-refractivity contribution >= 4 is 39.0 Å². The number of sulfonamides is 1. The zero-order chi connectivity index (χ0) is 21.9. The molecule has 2 atom stereocenters. The Kier molecular flexibility index (Phi) is 6.97. The molecule has 30 heavy (non-hydrogen) atoms. The van der Waals surface area contributed by atoms with E-state index in [-0.39, 0.29) is 23.6 Å². The average molecular weight is 453 g/mol. The minimum Gasteiger partial charge on any atom is -0.372 e. The smallest absolute Gasteiger partial charge is 0.243 e. The van der Waals surface area contributed by atoms with E-state index >= 15 is 0 Å². The number of morpholine rings is 1. The molecule has 0 aliphatic carbocycles. The Morgan fingerprint density at radius 2 is 1.83 bits per heavy atom. The van der Waals surface area contributed by atoms with E-state index < -0.39 is 15.9 Å². The van der Waals surface area contributed by atoms with Crippen LogP contribution in [-0.4, -0.2) is 62.5 Å². The summed E-state index contributed by atoms with van der Waals surface area (Å²) in [5.41, 5.74) is 0.496. The van der Waals surface area contributed by atoms with Gasteiger partial charge in [0.1, 0.15) is 5.82 Å². The number of ether oxygens (including phenoxy) is 1. The second-order valence-corrected chi connectivity index (χ2v) is 9.81. The van der Waals surface area contributed by atoms with Gasteiger partial charge in [-0.05, 0) is 50.2 Å². The van der Waals surface area contributed by atoms with Gasteiger partial charge < -0.3 is 15.0 Å². The van der Waals surface area contributed by atoms with Crippen LogP contribution in [0.3, 0.4) is 0 Å². The Bertz CT molecular complexity index is 973. The molecule has 1 N–H and O–H groups in total. The summed E-state index contributed by atoms with van der Waals surface area (Å²) in [6, 6.07) is 9.37. The molecule has 2 aromatic rings. The lowest BCUT2D eigenvalue weighted by molar-refractivity contribution is -0.116. The molecule has 0 bridgehead atoms. The first-order chi connectivity index (χ1) is 14.1. The van der Waals surface area contributed by atoms with Gasteiger partial charge in [-0.3, -0.25) is 4.79 Å². The third-order valence-electron chi connectivity index (χ3n) is 4.66. The number of likely N-dealkylation sites (N-methyl/N-ethyl adjacent to an activating group) is 1. The molecule has 8 nitrogen and oxygen atoms in total. The average Bonchev–Trinajstić information content (AvgIpc) is 2.68. The summed E-state index contributed by atoms with van der Waals surface area (Å²) < 4.78 is 31.9. The number of aromatic nitrogens is 1. The zero-order valence-electron chi connectivity index (χ0n) is 17.1. The van der Waals surface area contributed by atoms with Crippen molar-refractivity contribution in [1.29, 1.82) is 0 Å². The van der Waals surface area contributed by atoms with Gasteiger partial charge in [-0.1, -0.05) is 11.6 Å². The molecule has 162 valence electrons. The maximum Gasteiger partial charge on any atom is 0.243 e. The molecule has 1 aliphatic heterocycles. The number of nitrogens with zero attached hydrogens (tertiary/aromatic N) is 3. The fourth-order valence-corrected chi connectivity index (χ4v) is 4.54. The lowest BCUT2D eigenvalue weighted by Crippen LogP contribution is -2.45. The van der Waals surface area contributed by atoms with Crippen molar-refractivity contribution in [2.45, 2.75) is 31.0 Å². The number of hydrogen-bond acceptors (Lipinski definition) is 6. The molecule has 1 amide bonds. The van der Waals surface area contributed by atoms with Gasteiger partial charge in [-0.15, -0.1) is 0 Å². The molecule has 1 aromatic carbocycles. The van der Waals surface area contributed by atoms with Crippen LogP contribution in [0.1, 0.15) is 13.8 Å². The largest absolute Gasteiger partial charge is 0.372 e. The van der Waals surface area contributed by atoms with Crippen LogP contribution < -0.4 is 10.2 Å². The van der Waals surface area contributed by atoms with E-state index in [4.69, 9.17) is 16.3 Å². The molecule has 0 saturated carbocycles. The molecule has 1 saturated heterocycles. The number of hydrogen-bond donors (Lipinski definition) is 1. The maximum absolute atomic E-state index is 12.6. The van der Waals surface area contributed by atoms with Gasteiger partial charge in [0.05, 0.1) is 35.5 Å². The summed E-state index contributed by atoms with van der Waals surface area (Å²) in [5.74, 6) is 0.343. The summed E-state index contributed by atoms with van der Waals surface area (Å²) in [6.45, 7) is 5.20. The number of amides is 1. The summed E-state index contributed by atoms with van der Waals surface area (Å²) >= 11 is 5.80. The first-order valence-electron chi connectivity index (χ1n) is 9.53. The molecule has 3 rings (SSSR count). The minimum absolute atomic E-state index is 0.0715. The Morgan fingerprint density at radius 1 is 1.20 bits per heavy atom. The highest BCUT2D eigenvalue weighted by Gasteiger charge is 2.24. The Morgan fingerprint density at radius 3 is 2.40 bits per heavy atom. The van der Waals surface area contributed by atoms with Crippen LogP contribution in [0, 0.1) is 0 Å². The third-order valence-corrected chi connectivity index (χ3v) is 6.73. The van der Waals surface area contributed by atoms with Crippen molar-refractivity contribution in [1.82, 2.24) is 9.29 Å². The van der Waals surface area contributed by atoms with Gasteiger partial charge in [0.25, 0.3) is 0 Å². The Labute approximate surface area is 181 Å². The molecular weight excluding hydrogens is 428 g/mol. The van der Waals surface area contributed by atoms with Crippen LogP contribution in [0.25, 0.3) is 0 Å². The van der Waals surface area contributed by atoms with E-state index in [0.717, 1.165) is 23.2 Å². The highest BCUT2D eigenvalue weighted by molar-refractivity contribution is 7.89. The van der Waals surface area contributed by atoms with Gasteiger partial charge in [-0.25, -0.2) is 13.4 Å². The predicted molar refractivity (Wildman–Crippen MR) is 116 cm³/mol. The van der Waals surface area contributed by atoms with Crippen molar-refractivity contribution < 1.29 is 17.9 Å². The summed E-state index contributed by atoms with van der Waals surface area (Å²) in [4.78, 5) is 19.0. The van der Waals surface area contributed by atoms with E-state index in [2.05, 4.69) is 15.2 Å². The van der Waals surface area contributed by atoms with Crippen LogP contribution in [0.5, 0.6) is 0 Å². The van der Waals surface area contributed by atoms with E-state index in [1.165, 1.54) is 31.3 Å². The lowest BCUT2D eigenvalue weighted by atomic mass is 10.2. The highest BCUT2D eigenvalue weighted by Crippen LogP contribution is 2.20. The number of rotatable bonds is 6. The lowest BCUT2D eigenvalue weighted by Gasteiger charge is -2.36. The monoisotopic (exact) mass is 452 g/mol. The van der Waals surface area contributed by atoms with Crippen molar-refractivity contribution in [3.8, 4) is 0 Å². The molecule has 2 unspecified atom stereocenters. The predicted octanol–water partition coefficient (Wildman–Crippen LogP) is 2.61. The molecular formula is C20H25ClN4O4S. The first kappa shape index (κ1) is 22.5. The number of benzene rings is 1.